The van der Waals surface area contributed by atoms with E-state index in [-0.39, 0.29) is 10.5 Å². The molecule has 0 spiro atoms. The second-order valence-corrected chi connectivity index (χ2v) is 11.0. The molecule has 0 N–H and O–H groups in total. The third-order valence-corrected chi connectivity index (χ3v) is 8.61. The van der Waals surface area contributed by atoms with Crippen LogP contribution in [0.15, 0.2) is 70.4 Å². The van der Waals surface area contributed by atoms with E-state index in [1.807, 2.05) is 30.3 Å². The van der Waals surface area contributed by atoms with Crippen molar-refractivity contribution in [3.63, 3.8) is 0 Å². The lowest BCUT2D eigenvalue weighted by atomic mass is 10.2. The summed E-state index contributed by atoms with van der Waals surface area (Å²) in [5.41, 5.74) is 1.36. The Labute approximate surface area is 199 Å². The smallest absolute Gasteiger partial charge is 0.275 e. The highest BCUT2D eigenvalue weighted by atomic mass is 35.5. The van der Waals surface area contributed by atoms with Crippen LogP contribution in [0.5, 0.6) is 0 Å². The average molecular weight is 502 g/mol. The van der Waals surface area contributed by atoms with Crippen LogP contribution in [0, 0.1) is 0 Å². The van der Waals surface area contributed by atoms with Gasteiger partial charge in [-0.25, -0.2) is 13.4 Å². The monoisotopic (exact) mass is 501 g/mol. The van der Waals surface area contributed by atoms with Crippen LogP contribution in [0.4, 0.5) is 0 Å². The van der Waals surface area contributed by atoms with Gasteiger partial charge in [-0.1, -0.05) is 53.3 Å². The molecule has 0 saturated carbocycles. The fourth-order valence-electron chi connectivity index (χ4n) is 3.75. The summed E-state index contributed by atoms with van der Waals surface area (Å²) in [6.07, 6.45) is 0. The number of hydrogen-bond donors (Lipinski definition) is 0. The van der Waals surface area contributed by atoms with Crippen molar-refractivity contribution < 1.29 is 8.42 Å². The fourth-order valence-corrected chi connectivity index (χ4v) is 6.23. The molecular weight excluding hydrogens is 482 g/mol. The molecule has 1 saturated heterocycles. The Morgan fingerprint density at radius 1 is 0.970 bits per heavy atom. The third kappa shape index (κ3) is 4.57. The van der Waals surface area contributed by atoms with Gasteiger partial charge in [-0.05, 0) is 24.3 Å². The first-order valence-electron chi connectivity index (χ1n) is 10.3. The number of piperazine rings is 1. The van der Waals surface area contributed by atoms with Gasteiger partial charge in [-0.2, -0.15) is 13.9 Å². The summed E-state index contributed by atoms with van der Waals surface area (Å²) in [7, 11) is -3.56. The molecular formula is C22H20ClN5O3S2. The Bertz CT molecular complexity index is 1450. The van der Waals surface area contributed by atoms with Crippen molar-refractivity contribution in [1.29, 1.82) is 0 Å². The van der Waals surface area contributed by atoms with Crippen molar-refractivity contribution in [1.82, 2.24) is 23.8 Å². The molecule has 170 valence electrons. The highest BCUT2D eigenvalue weighted by Crippen LogP contribution is 2.24. The van der Waals surface area contributed by atoms with Crippen LogP contribution in [-0.4, -0.2) is 58.4 Å². The van der Waals surface area contributed by atoms with Gasteiger partial charge < -0.3 is 0 Å². The highest BCUT2D eigenvalue weighted by Gasteiger charge is 2.28. The van der Waals surface area contributed by atoms with E-state index in [1.54, 1.807) is 12.1 Å². The van der Waals surface area contributed by atoms with E-state index in [4.69, 9.17) is 11.6 Å². The van der Waals surface area contributed by atoms with Crippen LogP contribution < -0.4 is 5.56 Å². The van der Waals surface area contributed by atoms with E-state index in [0.717, 1.165) is 10.6 Å². The number of benzene rings is 2. The third-order valence-electron chi connectivity index (χ3n) is 5.49. The molecule has 33 heavy (non-hydrogen) atoms. The van der Waals surface area contributed by atoms with Crippen molar-refractivity contribution >= 4 is 37.9 Å². The first-order chi connectivity index (χ1) is 15.9. The van der Waals surface area contributed by atoms with Gasteiger partial charge in [-0.3, -0.25) is 9.69 Å². The number of nitrogens with zero attached hydrogens (tertiary/aromatic N) is 5. The molecule has 0 atom stereocenters. The SMILES string of the molecule is O=c1cc(CN2CCN(S(=O)(=O)c3ccc(Cl)cc3)CC2)nc2sc(-c3ccccc3)nn12. The Morgan fingerprint density at radius 2 is 1.67 bits per heavy atom. The average Bonchev–Trinajstić information content (AvgIpc) is 3.25. The normalized spacial score (nSPS) is 15.8. The lowest BCUT2D eigenvalue weighted by Gasteiger charge is -2.33. The van der Waals surface area contributed by atoms with Crippen molar-refractivity contribution in [2.24, 2.45) is 0 Å². The standard InChI is InChI=1S/C22H20ClN5O3S2/c23-17-6-8-19(9-7-17)33(30,31)27-12-10-26(11-13-27)15-18-14-20(29)28-22(24-18)32-21(25-28)16-4-2-1-3-5-16/h1-9,14H,10-13,15H2. The first-order valence-corrected chi connectivity index (χ1v) is 13.0. The molecule has 0 aliphatic carbocycles. The van der Waals surface area contributed by atoms with Gasteiger partial charge >= 0.3 is 0 Å². The Kier molecular flexibility index (Phi) is 6.02. The molecule has 5 rings (SSSR count). The predicted molar refractivity (Wildman–Crippen MR) is 128 cm³/mol. The first kappa shape index (κ1) is 22.2. The van der Waals surface area contributed by atoms with Crippen molar-refractivity contribution in [3.8, 4) is 10.6 Å². The minimum absolute atomic E-state index is 0.225. The largest absolute Gasteiger partial charge is 0.295 e. The summed E-state index contributed by atoms with van der Waals surface area (Å²) in [6.45, 7) is 2.30. The van der Waals surface area contributed by atoms with Gasteiger partial charge in [0, 0.05) is 49.4 Å². The van der Waals surface area contributed by atoms with E-state index in [1.165, 1.54) is 38.4 Å². The van der Waals surface area contributed by atoms with Crippen molar-refractivity contribution in [2.75, 3.05) is 26.2 Å². The molecule has 1 fully saturated rings. The molecule has 8 nitrogen and oxygen atoms in total. The molecule has 0 bridgehead atoms. The van der Waals surface area contributed by atoms with Crippen LogP contribution in [0.3, 0.4) is 0 Å². The second kappa shape index (κ2) is 8.96. The molecule has 3 heterocycles. The van der Waals surface area contributed by atoms with Crippen LogP contribution in [-0.2, 0) is 16.6 Å². The highest BCUT2D eigenvalue weighted by molar-refractivity contribution is 7.89. The maximum atomic E-state index is 12.9. The molecule has 11 heteroatoms. The molecule has 0 unspecified atom stereocenters. The zero-order valence-corrected chi connectivity index (χ0v) is 19.9. The van der Waals surface area contributed by atoms with E-state index < -0.39 is 10.0 Å². The van der Waals surface area contributed by atoms with Crippen LogP contribution in [0.25, 0.3) is 15.5 Å². The molecule has 0 amide bonds. The van der Waals surface area contributed by atoms with Crippen LogP contribution in [0.1, 0.15) is 5.69 Å². The summed E-state index contributed by atoms with van der Waals surface area (Å²) in [5, 5.41) is 5.64. The van der Waals surface area contributed by atoms with Crippen molar-refractivity contribution in [3.05, 3.63) is 81.7 Å². The van der Waals surface area contributed by atoms with E-state index in [2.05, 4.69) is 15.0 Å². The topological polar surface area (TPSA) is 87.9 Å². The predicted octanol–water partition coefficient (Wildman–Crippen LogP) is 2.98. The summed E-state index contributed by atoms with van der Waals surface area (Å²) in [6, 6.07) is 17.4. The molecule has 1 aliphatic rings. The summed E-state index contributed by atoms with van der Waals surface area (Å²) in [4.78, 5) is 20.1. The van der Waals surface area contributed by atoms with Gasteiger partial charge in [0.15, 0.2) is 0 Å². The maximum absolute atomic E-state index is 12.9. The Balaban J connectivity index is 1.29. The summed E-state index contributed by atoms with van der Waals surface area (Å²) in [5.74, 6) is 0. The lowest BCUT2D eigenvalue weighted by Crippen LogP contribution is -2.48. The minimum Gasteiger partial charge on any atom is -0.295 e. The molecule has 2 aromatic carbocycles. The Hall–Kier alpha value is -2.63. The zero-order valence-electron chi connectivity index (χ0n) is 17.5. The van der Waals surface area contributed by atoms with E-state index >= 15 is 0 Å². The minimum atomic E-state index is -3.56. The Morgan fingerprint density at radius 3 is 2.36 bits per heavy atom. The molecule has 1 aliphatic heterocycles. The van der Waals surface area contributed by atoms with Gasteiger partial charge in [0.25, 0.3) is 5.56 Å². The summed E-state index contributed by atoms with van der Waals surface area (Å²) >= 11 is 7.24. The number of rotatable bonds is 5. The van der Waals surface area contributed by atoms with Gasteiger partial charge in [-0.15, -0.1) is 0 Å². The number of aromatic nitrogens is 3. The second-order valence-electron chi connectivity index (χ2n) is 7.69. The molecule has 4 aromatic rings. The number of halogens is 1. The van der Waals surface area contributed by atoms with Crippen LogP contribution >= 0.6 is 22.9 Å². The zero-order chi connectivity index (χ0) is 23.0. The van der Waals surface area contributed by atoms with E-state index in [0.29, 0.717) is 48.4 Å². The number of sulfonamides is 1. The molecule has 2 aromatic heterocycles. The van der Waals surface area contributed by atoms with Gasteiger partial charge in [0.05, 0.1) is 10.6 Å². The summed E-state index contributed by atoms with van der Waals surface area (Å²) < 4.78 is 28.6. The number of hydrogen-bond acceptors (Lipinski definition) is 7. The fraction of sp³-hybridized carbons (Fsp3) is 0.227. The van der Waals surface area contributed by atoms with Crippen molar-refractivity contribution in [2.45, 2.75) is 11.4 Å². The number of fused-ring (bicyclic) bond motifs is 1. The lowest BCUT2D eigenvalue weighted by molar-refractivity contribution is 0.180. The maximum Gasteiger partial charge on any atom is 0.275 e. The quantitative estimate of drug-likeness (QED) is 0.418. The van der Waals surface area contributed by atoms with E-state index in [9.17, 15) is 13.2 Å². The van der Waals surface area contributed by atoms with Gasteiger partial charge in [0.1, 0.15) is 5.01 Å². The van der Waals surface area contributed by atoms with Crippen LogP contribution in [0.2, 0.25) is 5.02 Å². The molecule has 0 radical (unpaired) electrons. The van der Waals surface area contributed by atoms with Gasteiger partial charge in [0.2, 0.25) is 15.0 Å².